The lowest BCUT2D eigenvalue weighted by molar-refractivity contribution is 0.225. The van der Waals surface area contributed by atoms with Crippen molar-refractivity contribution in [2.45, 2.75) is 0 Å². The first-order chi connectivity index (χ1) is 3.18. The number of hydrogen-bond donors (Lipinski definition) is 3. The lowest BCUT2D eigenvalue weighted by Crippen LogP contribution is -2.41. The molecular formula is CH5ClN4O. The molecule has 0 spiro atoms. The second-order valence-electron chi connectivity index (χ2n) is 0.761. The van der Waals surface area contributed by atoms with Gasteiger partial charge in [-0.3, -0.25) is 5.43 Å². The van der Waals surface area contributed by atoms with E-state index in [0.29, 0.717) is 4.53 Å². The monoisotopic (exact) mass is 124 g/mol. The first-order valence-electron chi connectivity index (χ1n) is 1.39. The Balaban J connectivity index is 3.35. The van der Waals surface area contributed by atoms with E-state index in [1.807, 2.05) is 0 Å². The Kier molecular flexibility index (Phi) is 2.42. The largest absolute Gasteiger partial charge is 0.360 e. The van der Waals surface area contributed by atoms with Gasteiger partial charge in [-0.1, -0.05) is 0 Å². The number of halogens is 1. The van der Waals surface area contributed by atoms with Crippen LogP contribution in [-0.2, 0) is 0 Å². The van der Waals surface area contributed by atoms with Gasteiger partial charge in [-0.05, 0) is 0 Å². The van der Waals surface area contributed by atoms with Gasteiger partial charge >= 0.3 is 6.03 Å². The number of urea groups is 1. The van der Waals surface area contributed by atoms with E-state index < -0.39 is 6.03 Å². The van der Waals surface area contributed by atoms with Crippen molar-refractivity contribution in [3.63, 3.8) is 0 Å². The SMILES string of the molecule is NNC(=O)N(N)Cl. The van der Waals surface area contributed by atoms with Gasteiger partial charge in [0.15, 0.2) is 0 Å². The summed E-state index contributed by atoms with van der Waals surface area (Å²) in [5, 5.41) is 0. The van der Waals surface area contributed by atoms with Gasteiger partial charge in [-0.25, -0.2) is 16.5 Å². The number of nitrogens with one attached hydrogen (secondary N) is 1. The second-order valence-corrected chi connectivity index (χ2v) is 1.12. The normalized spacial score (nSPS) is 7.86. The van der Waals surface area contributed by atoms with Crippen LogP contribution in [0.15, 0.2) is 0 Å². The Hall–Kier alpha value is -0.520. The van der Waals surface area contributed by atoms with Gasteiger partial charge < -0.3 is 0 Å². The molecule has 0 rings (SSSR count). The Morgan fingerprint density at radius 1 is 1.86 bits per heavy atom. The summed E-state index contributed by atoms with van der Waals surface area (Å²) < 4.78 is 0.319. The number of carbonyl (C=O) groups excluding carboxylic acids is 1. The maximum absolute atomic E-state index is 9.94. The topological polar surface area (TPSA) is 84.4 Å². The van der Waals surface area contributed by atoms with Crippen LogP contribution in [-0.4, -0.2) is 10.6 Å². The number of nitrogens with zero attached hydrogens (tertiary/aromatic N) is 1. The predicted octanol–water partition coefficient (Wildman–Crippen LogP) is -1.10. The highest BCUT2D eigenvalue weighted by molar-refractivity contribution is 6.20. The fourth-order valence-corrected chi connectivity index (χ4v) is 0.110. The van der Waals surface area contributed by atoms with E-state index in [-0.39, 0.29) is 0 Å². The third-order valence-corrected chi connectivity index (χ3v) is 0.471. The molecule has 5 nitrogen and oxygen atoms in total. The van der Waals surface area contributed by atoms with Gasteiger partial charge in [0.2, 0.25) is 0 Å². The average molecular weight is 125 g/mol. The first-order valence-corrected chi connectivity index (χ1v) is 1.73. The molecule has 0 radical (unpaired) electrons. The average Bonchev–Trinajstić information content (AvgIpc) is 1.65. The van der Waals surface area contributed by atoms with Crippen molar-refractivity contribution in [3.8, 4) is 0 Å². The minimum Gasteiger partial charge on any atom is -0.274 e. The number of nitrogens with two attached hydrogens (primary N) is 2. The van der Waals surface area contributed by atoms with Crippen LogP contribution in [0.4, 0.5) is 4.79 Å². The number of hydrogen-bond acceptors (Lipinski definition) is 3. The van der Waals surface area contributed by atoms with Gasteiger partial charge in [-0.2, -0.15) is 4.53 Å². The first kappa shape index (κ1) is 6.48. The zero-order chi connectivity index (χ0) is 5.86. The third kappa shape index (κ3) is 2.21. The van der Waals surface area contributed by atoms with Crippen molar-refractivity contribution >= 4 is 17.8 Å². The van der Waals surface area contributed by atoms with E-state index in [4.69, 9.17) is 11.8 Å². The van der Waals surface area contributed by atoms with Crippen LogP contribution in [0.1, 0.15) is 0 Å². The molecule has 0 saturated carbocycles. The Morgan fingerprint density at radius 3 is 2.29 bits per heavy atom. The van der Waals surface area contributed by atoms with Crippen LogP contribution in [0, 0.1) is 0 Å². The quantitative estimate of drug-likeness (QED) is 0.166. The Labute approximate surface area is 45.2 Å². The standard InChI is InChI=1S/CH5ClN4O/c2-6(4)1(7)5-3/h3-4H2,(H,5,7). The summed E-state index contributed by atoms with van der Waals surface area (Å²) in [6.07, 6.45) is 0. The molecule has 6 heteroatoms. The molecule has 0 unspecified atom stereocenters. The summed E-state index contributed by atoms with van der Waals surface area (Å²) in [4.78, 5) is 9.94. The molecule has 0 fully saturated rings. The summed E-state index contributed by atoms with van der Waals surface area (Å²) in [7, 11) is 0. The van der Waals surface area contributed by atoms with Crippen molar-refractivity contribution in [3.05, 3.63) is 0 Å². The van der Waals surface area contributed by atoms with Crippen molar-refractivity contribution in [1.82, 2.24) is 9.95 Å². The van der Waals surface area contributed by atoms with E-state index in [2.05, 4.69) is 11.7 Å². The van der Waals surface area contributed by atoms with Crippen LogP contribution in [0.5, 0.6) is 0 Å². The van der Waals surface area contributed by atoms with Crippen molar-refractivity contribution < 1.29 is 4.79 Å². The van der Waals surface area contributed by atoms with E-state index in [1.54, 1.807) is 5.43 Å². The van der Waals surface area contributed by atoms with Crippen molar-refractivity contribution in [2.75, 3.05) is 0 Å². The van der Waals surface area contributed by atoms with Crippen LogP contribution in [0.3, 0.4) is 0 Å². The molecule has 0 aromatic rings. The maximum Gasteiger partial charge on any atom is 0.360 e. The molecule has 0 atom stereocenters. The van der Waals surface area contributed by atoms with Crippen LogP contribution in [0.25, 0.3) is 0 Å². The number of hydrazine groups is 2. The smallest absolute Gasteiger partial charge is 0.274 e. The van der Waals surface area contributed by atoms with Crippen molar-refractivity contribution in [2.24, 2.45) is 11.7 Å². The summed E-state index contributed by atoms with van der Waals surface area (Å²) >= 11 is 4.85. The minimum absolute atomic E-state index is 0.319. The minimum atomic E-state index is -0.748. The molecule has 7 heavy (non-hydrogen) atoms. The van der Waals surface area contributed by atoms with Gasteiger partial charge in [0.25, 0.3) is 0 Å². The molecule has 0 heterocycles. The van der Waals surface area contributed by atoms with E-state index in [0.717, 1.165) is 0 Å². The second kappa shape index (κ2) is 2.62. The Bertz CT molecular complexity index is 72.1. The lowest BCUT2D eigenvalue weighted by Gasteiger charge is -2.02. The highest BCUT2D eigenvalue weighted by atomic mass is 35.5. The highest BCUT2D eigenvalue weighted by Crippen LogP contribution is 1.78. The third-order valence-electron chi connectivity index (χ3n) is 0.317. The Morgan fingerprint density at radius 2 is 2.29 bits per heavy atom. The molecule has 2 amide bonds. The van der Waals surface area contributed by atoms with Crippen LogP contribution < -0.4 is 17.1 Å². The molecular weight excluding hydrogens is 119 g/mol. The van der Waals surface area contributed by atoms with E-state index in [9.17, 15) is 4.79 Å². The van der Waals surface area contributed by atoms with E-state index >= 15 is 0 Å². The van der Waals surface area contributed by atoms with Crippen LogP contribution >= 0.6 is 11.8 Å². The van der Waals surface area contributed by atoms with Gasteiger partial charge in [0, 0.05) is 11.8 Å². The molecule has 0 bridgehead atoms. The predicted molar refractivity (Wildman–Crippen MR) is 24.6 cm³/mol. The fraction of sp³-hybridized carbons (Fsp3) is 0. The molecule has 0 aromatic heterocycles. The molecule has 0 aliphatic heterocycles. The fourth-order valence-electron chi connectivity index (χ4n) is 0.0617. The van der Waals surface area contributed by atoms with Crippen molar-refractivity contribution in [1.29, 1.82) is 0 Å². The van der Waals surface area contributed by atoms with E-state index in [1.165, 1.54) is 0 Å². The zero-order valence-corrected chi connectivity index (χ0v) is 4.14. The van der Waals surface area contributed by atoms with Gasteiger partial charge in [-0.15, -0.1) is 0 Å². The van der Waals surface area contributed by atoms with Gasteiger partial charge in [0.05, 0.1) is 0 Å². The summed E-state index contributed by atoms with van der Waals surface area (Å²) in [5.74, 6) is 9.22. The summed E-state index contributed by atoms with van der Waals surface area (Å²) in [6, 6.07) is -0.748. The number of rotatable bonds is 0. The molecule has 0 saturated heterocycles. The van der Waals surface area contributed by atoms with Crippen LogP contribution in [0.2, 0.25) is 0 Å². The highest BCUT2D eigenvalue weighted by Gasteiger charge is 1.99. The molecule has 5 N–H and O–H groups in total. The molecule has 0 aromatic carbocycles. The summed E-state index contributed by atoms with van der Waals surface area (Å²) in [5.41, 5.74) is 1.69. The number of amides is 2. The number of carbonyl (C=O) groups is 1. The molecule has 0 aliphatic rings. The lowest BCUT2D eigenvalue weighted by atomic mass is 11.1. The maximum atomic E-state index is 9.94. The molecule has 0 aliphatic carbocycles. The zero-order valence-electron chi connectivity index (χ0n) is 3.39. The van der Waals surface area contributed by atoms with Gasteiger partial charge in [0.1, 0.15) is 0 Å². The molecule has 42 valence electrons. The summed E-state index contributed by atoms with van der Waals surface area (Å²) in [6.45, 7) is 0.